The lowest BCUT2D eigenvalue weighted by molar-refractivity contribution is -0.141. The lowest BCUT2D eigenvalue weighted by Crippen LogP contribution is -2.30. The largest absolute Gasteiger partial charge is 0.433 e. The summed E-state index contributed by atoms with van der Waals surface area (Å²) in [6.07, 6.45) is -1.95. The molecule has 7 nitrogen and oxygen atoms in total. The third kappa shape index (κ3) is 3.05. The van der Waals surface area contributed by atoms with E-state index in [4.69, 9.17) is 5.73 Å². The molecule has 0 aliphatic heterocycles. The average Bonchev–Trinajstić information content (AvgIpc) is 3.36. The van der Waals surface area contributed by atoms with E-state index in [1.807, 2.05) is 0 Å². The van der Waals surface area contributed by atoms with Crippen molar-refractivity contribution < 1.29 is 18.0 Å². The van der Waals surface area contributed by atoms with Crippen LogP contribution in [0.3, 0.4) is 0 Å². The Labute approximate surface area is 180 Å². The number of hydrogen-bond donors (Lipinski definition) is 1. The van der Waals surface area contributed by atoms with Crippen LogP contribution in [0.15, 0.2) is 36.5 Å². The molecule has 1 amide bonds. The molecule has 0 bridgehead atoms. The van der Waals surface area contributed by atoms with Crippen LogP contribution in [0.2, 0.25) is 0 Å². The molecule has 0 radical (unpaired) electrons. The topological polar surface area (TPSA) is 89.9 Å². The molecule has 5 rings (SSSR count). The third-order valence-electron chi connectivity index (χ3n) is 6.06. The summed E-state index contributed by atoms with van der Waals surface area (Å²) >= 11 is 0. The van der Waals surface area contributed by atoms with Gasteiger partial charge in [-0.05, 0) is 42.7 Å². The predicted molar refractivity (Wildman–Crippen MR) is 113 cm³/mol. The van der Waals surface area contributed by atoms with E-state index in [1.54, 1.807) is 48.1 Å². The summed E-state index contributed by atoms with van der Waals surface area (Å²) in [6.45, 7) is 0. The number of anilines is 1. The van der Waals surface area contributed by atoms with Crippen molar-refractivity contribution in [3.8, 4) is 0 Å². The number of rotatable bonds is 2. The van der Waals surface area contributed by atoms with Gasteiger partial charge in [0.25, 0.3) is 5.91 Å². The van der Waals surface area contributed by atoms with Crippen LogP contribution in [0.4, 0.5) is 19.0 Å². The smallest absolute Gasteiger partial charge is 0.383 e. The van der Waals surface area contributed by atoms with E-state index in [2.05, 4.69) is 15.1 Å². The summed E-state index contributed by atoms with van der Waals surface area (Å²) in [6, 6.07) is 7.23. The second kappa shape index (κ2) is 6.91. The first-order chi connectivity index (χ1) is 15.1. The van der Waals surface area contributed by atoms with Crippen LogP contribution in [0.1, 0.15) is 39.8 Å². The second-order valence-electron chi connectivity index (χ2n) is 7.96. The number of fused-ring (bicyclic) bond motifs is 4. The van der Waals surface area contributed by atoms with Gasteiger partial charge in [-0.15, -0.1) is 0 Å². The van der Waals surface area contributed by atoms with Crippen molar-refractivity contribution in [1.29, 1.82) is 0 Å². The number of nitrogen functional groups attached to an aromatic ring is 1. The van der Waals surface area contributed by atoms with Gasteiger partial charge in [-0.1, -0.05) is 6.07 Å². The molecule has 3 aromatic heterocycles. The Bertz CT molecular complexity index is 1390. The third-order valence-corrected chi connectivity index (χ3v) is 6.06. The number of aromatic nitrogens is 4. The van der Waals surface area contributed by atoms with Gasteiger partial charge in [-0.3, -0.25) is 9.48 Å². The van der Waals surface area contributed by atoms with Gasteiger partial charge >= 0.3 is 6.18 Å². The van der Waals surface area contributed by atoms with E-state index in [0.29, 0.717) is 46.4 Å². The van der Waals surface area contributed by atoms with Gasteiger partial charge in [0.2, 0.25) is 0 Å². The van der Waals surface area contributed by atoms with Gasteiger partial charge in [0.05, 0.1) is 28.7 Å². The zero-order valence-corrected chi connectivity index (χ0v) is 17.3. The van der Waals surface area contributed by atoms with E-state index in [1.165, 1.54) is 6.07 Å². The number of carbonyl (C=O) groups excluding carboxylic acids is 1. The van der Waals surface area contributed by atoms with Crippen LogP contribution in [0.25, 0.3) is 21.8 Å². The number of halogens is 3. The number of nitrogens with two attached hydrogens (primary N) is 1. The fraction of sp³-hybridized carbons (Fsp3) is 0.273. The summed E-state index contributed by atoms with van der Waals surface area (Å²) in [5.41, 5.74) is 8.03. The van der Waals surface area contributed by atoms with Gasteiger partial charge in [0.15, 0.2) is 0 Å². The highest BCUT2D eigenvalue weighted by Gasteiger charge is 2.36. The Morgan fingerprint density at radius 2 is 1.97 bits per heavy atom. The molecule has 1 aliphatic carbocycles. The van der Waals surface area contributed by atoms with Crippen LogP contribution in [-0.2, 0) is 19.6 Å². The molecule has 0 fully saturated rings. The number of amides is 1. The van der Waals surface area contributed by atoms with Crippen molar-refractivity contribution in [3.63, 3.8) is 0 Å². The van der Waals surface area contributed by atoms with E-state index < -0.39 is 11.9 Å². The average molecular weight is 440 g/mol. The maximum absolute atomic E-state index is 13.3. The van der Waals surface area contributed by atoms with Crippen LogP contribution in [-0.4, -0.2) is 37.6 Å². The standard InChI is InChI=1S/C22H19F3N6O/c1-30(17-7-6-15-12(17)4-8-18(28-15)22(23,24)25)21(32)11-3-5-16-13(9-11)19-14(20(26)29-16)10-27-31(19)2/h3-5,8-10,17H,6-7H2,1-2H3,(H2,26,29)/t17-/m1/s1. The van der Waals surface area contributed by atoms with Crippen molar-refractivity contribution in [2.45, 2.75) is 25.1 Å². The molecular formula is C22H19F3N6O. The highest BCUT2D eigenvalue weighted by atomic mass is 19.4. The van der Waals surface area contributed by atoms with E-state index in [9.17, 15) is 18.0 Å². The number of pyridine rings is 2. The first-order valence-electron chi connectivity index (χ1n) is 10.0. The summed E-state index contributed by atoms with van der Waals surface area (Å²) in [4.78, 5) is 23.0. The first-order valence-corrected chi connectivity index (χ1v) is 10.0. The van der Waals surface area contributed by atoms with Crippen molar-refractivity contribution in [2.75, 3.05) is 12.8 Å². The Balaban J connectivity index is 1.51. The quantitative estimate of drug-likeness (QED) is 0.511. The molecular weight excluding hydrogens is 421 g/mol. The molecule has 0 unspecified atom stereocenters. The number of aryl methyl sites for hydroxylation is 2. The lowest BCUT2D eigenvalue weighted by atomic mass is 10.1. The van der Waals surface area contributed by atoms with Crippen LogP contribution >= 0.6 is 0 Å². The fourth-order valence-electron chi connectivity index (χ4n) is 4.44. The molecule has 32 heavy (non-hydrogen) atoms. The molecule has 164 valence electrons. The van der Waals surface area contributed by atoms with Gasteiger partial charge in [0.1, 0.15) is 11.5 Å². The van der Waals surface area contributed by atoms with Gasteiger partial charge in [0, 0.05) is 30.7 Å². The maximum Gasteiger partial charge on any atom is 0.433 e. The molecule has 1 aliphatic rings. The molecule has 0 saturated carbocycles. The van der Waals surface area contributed by atoms with Crippen LogP contribution < -0.4 is 5.73 Å². The molecule has 3 heterocycles. The van der Waals surface area contributed by atoms with Crippen LogP contribution in [0.5, 0.6) is 0 Å². The molecule has 2 N–H and O–H groups in total. The first kappa shape index (κ1) is 20.2. The van der Waals surface area contributed by atoms with E-state index >= 15 is 0 Å². The Hall–Kier alpha value is -3.69. The minimum atomic E-state index is -4.49. The zero-order chi connectivity index (χ0) is 22.8. The van der Waals surface area contributed by atoms with E-state index in [-0.39, 0.29) is 11.9 Å². The number of hydrogen-bond acceptors (Lipinski definition) is 5. The fourth-order valence-corrected chi connectivity index (χ4v) is 4.44. The number of nitrogens with zero attached hydrogens (tertiary/aromatic N) is 5. The highest BCUT2D eigenvalue weighted by Crippen LogP contribution is 2.38. The summed E-state index contributed by atoms with van der Waals surface area (Å²) in [7, 11) is 3.45. The number of benzene rings is 1. The van der Waals surface area contributed by atoms with E-state index in [0.717, 1.165) is 17.0 Å². The van der Waals surface area contributed by atoms with Crippen molar-refractivity contribution in [2.24, 2.45) is 7.05 Å². The maximum atomic E-state index is 13.3. The summed E-state index contributed by atoms with van der Waals surface area (Å²) in [5.74, 6) is 0.127. The van der Waals surface area contributed by atoms with Crippen molar-refractivity contribution in [1.82, 2.24) is 24.6 Å². The molecule has 4 aromatic rings. The molecule has 1 aromatic carbocycles. The monoisotopic (exact) mass is 440 g/mol. The van der Waals surface area contributed by atoms with Gasteiger partial charge in [-0.25, -0.2) is 9.97 Å². The summed E-state index contributed by atoms with van der Waals surface area (Å²) < 4.78 is 40.6. The van der Waals surface area contributed by atoms with Crippen molar-refractivity contribution in [3.05, 3.63) is 59.0 Å². The Kier molecular flexibility index (Phi) is 4.37. The molecule has 10 heteroatoms. The van der Waals surface area contributed by atoms with Crippen molar-refractivity contribution >= 4 is 33.5 Å². The van der Waals surface area contributed by atoms with Gasteiger partial charge < -0.3 is 10.6 Å². The van der Waals surface area contributed by atoms with Gasteiger partial charge in [-0.2, -0.15) is 18.3 Å². The molecule has 0 spiro atoms. The Morgan fingerprint density at radius 3 is 2.72 bits per heavy atom. The minimum Gasteiger partial charge on any atom is -0.383 e. The van der Waals surface area contributed by atoms with Crippen LogP contribution in [0, 0.1) is 0 Å². The summed E-state index contributed by atoms with van der Waals surface area (Å²) in [5, 5.41) is 5.69. The zero-order valence-electron chi connectivity index (χ0n) is 17.3. The Morgan fingerprint density at radius 1 is 1.19 bits per heavy atom. The SMILES string of the molecule is CN(C(=O)c1ccc2nc(N)c3cnn(C)c3c2c1)[C@@H]1CCc2nc(C(F)(F)F)ccc21. The number of alkyl halides is 3. The lowest BCUT2D eigenvalue weighted by Gasteiger charge is -2.25. The predicted octanol–water partition coefficient (Wildman–Crippen LogP) is 3.88. The normalized spacial score (nSPS) is 16.0. The molecule has 0 saturated heterocycles. The second-order valence-corrected chi connectivity index (χ2v) is 7.96. The molecule has 1 atom stereocenters. The number of carbonyl (C=O) groups is 1. The highest BCUT2D eigenvalue weighted by molar-refractivity contribution is 6.10. The minimum absolute atomic E-state index is 0.239.